The van der Waals surface area contributed by atoms with Crippen LogP contribution in [-0.2, 0) is 0 Å². The van der Waals surface area contributed by atoms with Crippen LogP contribution in [0.1, 0.15) is 13.8 Å². The van der Waals surface area contributed by atoms with E-state index in [1.807, 2.05) is 12.1 Å². The van der Waals surface area contributed by atoms with Crippen molar-refractivity contribution in [1.29, 1.82) is 0 Å². The van der Waals surface area contributed by atoms with Crippen LogP contribution in [0.15, 0.2) is 18.2 Å². The molecule has 0 bridgehead atoms. The SMILES string of the molecule is CCN1c2ccc(Cl)cc2NCC1C. The van der Waals surface area contributed by atoms with E-state index in [0.29, 0.717) is 6.04 Å². The molecule has 76 valence electrons. The Morgan fingerprint density at radius 2 is 2.36 bits per heavy atom. The van der Waals surface area contributed by atoms with Crippen molar-refractivity contribution in [3.05, 3.63) is 23.2 Å². The van der Waals surface area contributed by atoms with Gasteiger partial charge in [0.25, 0.3) is 0 Å². The van der Waals surface area contributed by atoms with Gasteiger partial charge in [-0.3, -0.25) is 0 Å². The van der Waals surface area contributed by atoms with Gasteiger partial charge in [0, 0.05) is 24.2 Å². The van der Waals surface area contributed by atoms with Gasteiger partial charge in [-0.25, -0.2) is 0 Å². The highest BCUT2D eigenvalue weighted by molar-refractivity contribution is 6.31. The molecule has 2 rings (SSSR count). The lowest BCUT2D eigenvalue weighted by Crippen LogP contribution is -2.41. The van der Waals surface area contributed by atoms with E-state index in [0.717, 1.165) is 23.8 Å². The molecule has 14 heavy (non-hydrogen) atoms. The van der Waals surface area contributed by atoms with Gasteiger partial charge in [-0.05, 0) is 32.0 Å². The number of benzene rings is 1. The van der Waals surface area contributed by atoms with Gasteiger partial charge < -0.3 is 10.2 Å². The number of hydrogen-bond donors (Lipinski definition) is 1. The lowest BCUT2D eigenvalue weighted by molar-refractivity contribution is 0.659. The molecule has 1 unspecified atom stereocenters. The van der Waals surface area contributed by atoms with Gasteiger partial charge in [-0.2, -0.15) is 0 Å². The molecule has 0 aromatic heterocycles. The molecular weight excluding hydrogens is 196 g/mol. The predicted molar refractivity (Wildman–Crippen MR) is 62.4 cm³/mol. The quantitative estimate of drug-likeness (QED) is 0.767. The normalized spacial score (nSPS) is 20.2. The first-order valence-corrected chi connectivity index (χ1v) is 5.40. The van der Waals surface area contributed by atoms with Crippen molar-refractivity contribution in [3.63, 3.8) is 0 Å². The fourth-order valence-electron chi connectivity index (χ4n) is 1.99. The number of anilines is 2. The largest absolute Gasteiger partial charge is 0.381 e. The lowest BCUT2D eigenvalue weighted by atomic mass is 10.1. The van der Waals surface area contributed by atoms with Crippen LogP contribution in [0.3, 0.4) is 0 Å². The van der Waals surface area contributed by atoms with Gasteiger partial charge in [0.05, 0.1) is 11.4 Å². The van der Waals surface area contributed by atoms with Gasteiger partial charge in [0.2, 0.25) is 0 Å². The standard InChI is InChI=1S/C11H15ClN2/c1-3-14-8(2)7-13-10-6-9(12)4-5-11(10)14/h4-6,8,13H,3,7H2,1-2H3. The Morgan fingerprint density at radius 3 is 3.07 bits per heavy atom. The van der Waals surface area contributed by atoms with Crippen molar-refractivity contribution in [2.24, 2.45) is 0 Å². The summed E-state index contributed by atoms with van der Waals surface area (Å²) in [5.74, 6) is 0. The minimum atomic E-state index is 0.550. The average molecular weight is 211 g/mol. The number of rotatable bonds is 1. The molecule has 2 nitrogen and oxygen atoms in total. The van der Waals surface area contributed by atoms with Crippen LogP contribution < -0.4 is 10.2 Å². The lowest BCUT2D eigenvalue weighted by Gasteiger charge is -2.37. The van der Waals surface area contributed by atoms with E-state index in [1.54, 1.807) is 0 Å². The van der Waals surface area contributed by atoms with Crippen LogP contribution in [0.2, 0.25) is 5.02 Å². The van der Waals surface area contributed by atoms with Crippen LogP contribution in [-0.4, -0.2) is 19.1 Å². The Balaban J connectivity index is 2.41. The van der Waals surface area contributed by atoms with E-state index >= 15 is 0 Å². The van der Waals surface area contributed by atoms with Gasteiger partial charge >= 0.3 is 0 Å². The molecule has 0 fully saturated rings. The molecular formula is C11H15ClN2. The minimum Gasteiger partial charge on any atom is -0.381 e. The summed E-state index contributed by atoms with van der Waals surface area (Å²) >= 11 is 5.95. The Labute approximate surface area is 89.9 Å². The summed E-state index contributed by atoms with van der Waals surface area (Å²) in [5.41, 5.74) is 2.41. The first-order chi connectivity index (χ1) is 6.72. The van der Waals surface area contributed by atoms with Gasteiger partial charge in [0.1, 0.15) is 0 Å². The molecule has 1 aromatic carbocycles. The molecule has 1 aromatic rings. The number of nitrogens with zero attached hydrogens (tertiary/aromatic N) is 1. The summed E-state index contributed by atoms with van der Waals surface area (Å²) in [6.07, 6.45) is 0. The molecule has 0 radical (unpaired) electrons. The number of likely N-dealkylation sites (N-methyl/N-ethyl adjacent to an activating group) is 1. The molecule has 0 aliphatic carbocycles. The Kier molecular flexibility index (Phi) is 2.55. The molecule has 1 aliphatic heterocycles. The maximum Gasteiger partial charge on any atom is 0.0606 e. The Hall–Kier alpha value is -0.890. The first kappa shape index (κ1) is 9.66. The maximum absolute atomic E-state index is 5.95. The fourth-order valence-corrected chi connectivity index (χ4v) is 2.16. The van der Waals surface area contributed by atoms with E-state index < -0.39 is 0 Å². The molecule has 1 N–H and O–H groups in total. The first-order valence-electron chi connectivity index (χ1n) is 5.02. The molecule has 0 amide bonds. The predicted octanol–water partition coefficient (Wildman–Crippen LogP) is 2.98. The highest BCUT2D eigenvalue weighted by atomic mass is 35.5. The zero-order chi connectivity index (χ0) is 10.1. The second-order valence-electron chi connectivity index (χ2n) is 3.68. The molecule has 3 heteroatoms. The van der Waals surface area contributed by atoms with Crippen LogP contribution in [0, 0.1) is 0 Å². The van der Waals surface area contributed by atoms with Crippen molar-refractivity contribution in [2.75, 3.05) is 23.3 Å². The van der Waals surface area contributed by atoms with E-state index in [4.69, 9.17) is 11.6 Å². The van der Waals surface area contributed by atoms with Crippen LogP contribution in [0.5, 0.6) is 0 Å². The molecule has 0 saturated carbocycles. The second-order valence-corrected chi connectivity index (χ2v) is 4.11. The van der Waals surface area contributed by atoms with Crippen molar-refractivity contribution in [3.8, 4) is 0 Å². The van der Waals surface area contributed by atoms with Crippen LogP contribution >= 0.6 is 11.6 Å². The third kappa shape index (κ3) is 1.55. The number of halogens is 1. The molecule has 1 atom stereocenters. The minimum absolute atomic E-state index is 0.550. The van der Waals surface area contributed by atoms with E-state index in [2.05, 4.69) is 30.1 Å². The number of nitrogens with one attached hydrogen (secondary N) is 1. The molecule has 0 spiro atoms. The summed E-state index contributed by atoms with van der Waals surface area (Å²) in [4.78, 5) is 2.39. The van der Waals surface area contributed by atoms with E-state index in [-0.39, 0.29) is 0 Å². The van der Waals surface area contributed by atoms with Crippen molar-refractivity contribution in [1.82, 2.24) is 0 Å². The molecule has 0 saturated heterocycles. The second kappa shape index (κ2) is 3.70. The van der Waals surface area contributed by atoms with Crippen molar-refractivity contribution < 1.29 is 0 Å². The smallest absolute Gasteiger partial charge is 0.0606 e. The zero-order valence-corrected chi connectivity index (χ0v) is 9.30. The van der Waals surface area contributed by atoms with E-state index in [1.165, 1.54) is 5.69 Å². The highest BCUT2D eigenvalue weighted by Gasteiger charge is 2.20. The third-order valence-electron chi connectivity index (χ3n) is 2.73. The summed E-state index contributed by atoms with van der Waals surface area (Å²) in [7, 11) is 0. The van der Waals surface area contributed by atoms with Crippen molar-refractivity contribution >= 4 is 23.0 Å². The monoisotopic (exact) mass is 210 g/mol. The average Bonchev–Trinajstić information content (AvgIpc) is 2.18. The maximum atomic E-state index is 5.95. The number of hydrogen-bond acceptors (Lipinski definition) is 2. The Morgan fingerprint density at radius 1 is 1.57 bits per heavy atom. The third-order valence-corrected chi connectivity index (χ3v) is 2.96. The summed E-state index contributed by atoms with van der Waals surface area (Å²) in [6.45, 7) is 6.44. The zero-order valence-electron chi connectivity index (χ0n) is 8.55. The molecule has 1 heterocycles. The fraction of sp³-hybridized carbons (Fsp3) is 0.455. The van der Waals surface area contributed by atoms with Gasteiger partial charge in [-0.15, -0.1) is 0 Å². The topological polar surface area (TPSA) is 15.3 Å². The Bertz CT molecular complexity index is 338. The van der Waals surface area contributed by atoms with Crippen LogP contribution in [0.25, 0.3) is 0 Å². The summed E-state index contributed by atoms with van der Waals surface area (Å²) in [6, 6.07) is 6.58. The van der Waals surface area contributed by atoms with E-state index in [9.17, 15) is 0 Å². The highest BCUT2D eigenvalue weighted by Crippen LogP contribution is 2.33. The summed E-state index contributed by atoms with van der Waals surface area (Å²) in [5, 5.41) is 4.18. The summed E-state index contributed by atoms with van der Waals surface area (Å²) < 4.78 is 0. The van der Waals surface area contributed by atoms with Crippen LogP contribution in [0.4, 0.5) is 11.4 Å². The van der Waals surface area contributed by atoms with Gasteiger partial charge in [0.15, 0.2) is 0 Å². The van der Waals surface area contributed by atoms with Gasteiger partial charge in [-0.1, -0.05) is 11.6 Å². The number of fused-ring (bicyclic) bond motifs is 1. The molecule has 1 aliphatic rings. The van der Waals surface area contributed by atoms with Crippen molar-refractivity contribution in [2.45, 2.75) is 19.9 Å².